The van der Waals surface area contributed by atoms with Crippen LogP contribution in [0.15, 0.2) is 40.8 Å². The van der Waals surface area contributed by atoms with Crippen molar-refractivity contribution in [3.05, 3.63) is 53.2 Å². The van der Waals surface area contributed by atoms with Gasteiger partial charge in [0.1, 0.15) is 17.3 Å². The van der Waals surface area contributed by atoms with Crippen molar-refractivity contribution in [2.45, 2.75) is 5.92 Å². The summed E-state index contributed by atoms with van der Waals surface area (Å²) >= 11 is 5.70. The van der Waals surface area contributed by atoms with E-state index in [1.54, 1.807) is 24.3 Å². The van der Waals surface area contributed by atoms with Gasteiger partial charge < -0.3 is 14.9 Å². The second kappa shape index (κ2) is 5.89. The Morgan fingerprint density at radius 1 is 1.33 bits per heavy atom. The minimum atomic E-state index is -0.335. The van der Waals surface area contributed by atoms with Crippen LogP contribution >= 0.6 is 11.6 Å². The molecule has 1 unspecified atom stereocenters. The Kier molecular flexibility index (Phi) is 4.23. The van der Waals surface area contributed by atoms with E-state index in [1.165, 1.54) is 12.1 Å². The van der Waals surface area contributed by atoms with E-state index in [9.17, 15) is 4.39 Å². The molecule has 18 heavy (non-hydrogen) atoms. The summed E-state index contributed by atoms with van der Waals surface area (Å²) in [6, 6.07) is 9.37. The number of benzene rings is 1. The van der Waals surface area contributed by atoms with Crippen LogP contribution in [0.5, 0.6) is 5.75 Å². The molecule has 2 N–H and O–H groups in total. The molecule has 0 amide bonds. The molecule has 5 heteroatoms. The van der Waals surface area contributed by atoms with Crippen molar-refractivity contribution in [1.82, 2.24) is 0 Å². The fraction of sp³-hybridized carbons (Fsp3) is 0.231. The molecule has 1 heterocycles. The zero-order valence-electron chi connectivity index (χ0n) is 9.61. The number of hydrogen-bond acceptors (Lipinski definition) is 3. The minimum Gasteiger partial charge on any atom is -0.493 e. The van der Waals surface area contributed by atoms with Gasteiger partial charge in [-0.1, -0.05) is 6.07 Å². The summed E-state index contributed by atoms with van der Waals surface area (Å²) in [6.45, 7) is 0.670. The third-order valence-corrected chi connectivity index (χ3v) is 2.73. The third kappa shape index (κ3) is 3.24. The zero-order chi connectivity index (χ0) is 13.0. The fourth-order valence-corrected chi connectivity index (χ4v) is 1.72. The van der Waals surface area contributed by atoms with Gasteiger partial charge >= 0.3 is 0 Å². The standard InChI is InChI=1S/C13H13ClFNO2/c14-13-5-4-12(18-13)9(7-16)8-17-11-3-1-2-10(15)6-11/h1-6,9H,7-8,16H2. The van der Waals surface area contributed by atoms with Gasteiger partial charge in [-0.15, -0.1) is 0 Å². The van der Waals surface area contributed by atoms with Crippen molar-refractivity contribution in [2.24, 2.45) is 5.73 Å². The van der Waals surface area contributed by atoms with E-state index in [2.05, 4.69) is 0 Å². The second-order valence-corrected chi connectivity index (χ2v) is 4.22. The average Bonchev–Trinajstić information content (AvgIpc) is 2.77. The first kappa shape index (κ1) is 12.9. The predicted molar refractivity (Wildman–Crippen MR) is 67.4 cm³/mol. The summed E-state index contributed by atoms with van der Waals surface area (Å²) in [5.41, 5.74) is 5.65. The number of rotatable bonds is 5. The molecular formula is C13H13ClFNO2. The van der Waals surface area contributed by atoms with E-state index in [0.717, 1.165) is 0 Å². The van der Waals surface area contributed by atoms with Crippen molar-refractivity contribution < 1.29 is 13.5 Å². The number of ether oxygens (including phenoxy) is 1. The average molecular weight is 270 g/mol. The molecule has 0 aliphatic rings. The molecule has 0 spiro atoms. The maximum atomic E-state index is 13.0. The summed E-state index contributed by atoms with van der Waals surface area (Å²) in [5, 5.41) is 0.314. The number of halogens is 2. The zero-order valence-corrected chi connectivity index (χ0v) is 10.4. The van der Waals surface area contributed by atoms with Gasteiger partial charge in [0.25, 0.3) is 0 Å². The van der Waals surface area contributed by atoms with Crippen LogP contribution in [0, 0.1) is 5.82 Å². The van der Waals surface area contributed by atoms with E-state index < -0.39 is 0 Å². The summed E-state index contributed by atoms with van der Waals surface area (Å²) in [4.78, 5) is 0. The number of hydrogen-bond donors (Lipinski definition) is 1. The van der Waals surface area contributed by atoms with E-state index in [-0.39, 0.29) is 11.7 Å². The van der Waals surface area contributed by atoms with Crippen LogP contribution in [0.3, 0.4) is 0 Å². The minimum absolute atomic E-state index is 0.110. The Balaban J connectivity index is 1.99. The Labute approximate surface area is 109 Å². The first-order valence-corrected chi connectivity index (χ1v) is 5.90. The van der Waals surface area contributed by atoms with Gasteiger partial charge in [0.15, 0.2) is 5.22 Å². The SMILES string of the molecule is NCC(COc1cccc(F)c1)c1ccc(Cl)o1. The Morgan fingerprint density at radius 2 is 2.17 bits per heavy atom. The highest BCUT2D eigenvalue weighted by Gasteiger charge is 2.15. The van der Waals surface area contributed by atoms with Gasteiger partial charge in [0.2, 0.25) is 0 Å². The summed E-state index contributed by atoms with van der Waals surface area (Å²) in [6.07, 6.45) is 0. The molecule has 3 nitrogen and oxygen atoms in total. The summed E-state index contributed by atoms with van der Waals surface area (Å²) in [7, 11) is 0. The van der Waals surface area contributed by atoms with Gasteiger partial charge in [-0.05, 0) is 35.9 Å². The fourth-order valence-electron chi connectivity index (χ4n) is 1.57. The maximum Gasteiger partial charge on any atom is 0.193 e. The van der Waals surface area contributed by atoms with Crippen molar-refractivity contribution in [1.29, 1.82) is 0 Å². The van der Waals surface area contributed by atoms with Crippen molar-refractivity contribution in [3.8, 4) is 5.75 Å². The first-order chi connectivity index (χ1) is 8.69. The number of nitrogens with two attached hydrogens (primary N) is 1. The third-order valence-electron chi connectivity index (χ3n) is 2.53. The van der Waals surface area contributed by atoms with Crippen LogP contribution in [0.2, 0.25) is 5.22 Å². The molecule has 1 aromatic carbocycles. The highest BCUT2D eigenvalue weighted by Crippen LogP contribution is 2.22. The molecule has 96 valence electrons. The van der Waals surface area contributed by atoms with Crippen LogP contribution in [0.4, 0.5) is 4.39 Å². The molecule has 0 saturated heterocycles. The smallest absolute Gasteiger partial charge is 0.193 e. The molecule has 1 atom stereocenters. The van der Waals surface area contributed by atoms with Crippen LogP contribution < -0.4 is 10.5 Å². The molecule has 0 bridgehead atoms. The molecule has 1 aromatic heterocycles. The van der Waals surface area contributed by atoms with Crippen LogP contribution in [0.25, 0.3) is 0 Å². The van der Waals surface area contributed by atoms with Crippen LogP contribution in [-0.4, -0.2) is 13.2 Å². The first-order valence-electron chi connectivity index (χ1n) is 5.52. The monoisotopic (exact) mass is 269 g/mol. The lowest BCUT2D eigenvalue weighted by atomic mass is 10.1. The molecule has 0 aliphatic heterocycles. The maximum absolute atomic E-state index is 13.0. The molecule has 0 fully saturated rings. The highest BCUT2D eigenvalue weighted by molar-refractivity contribution is 6.28. The second-order valence-electron chi connectivity index (χ2n) is 3.84. The van der Waals surface area contributed by atoms with Gasteiger partial charge in [0.05, 0.1) is 12.5 Å². The topological polar surface area (TPSA) is 48.4 Å². The van der Waals surface area contributed by atoms with E-state index in [1.807, 2.05) is 0 Å². The van der Waals surface area contributed by atoms with E-state index in [0.29, 0.717) is 29.9 Å². The normalized spacial score (nSPS) is 12.4. The predicted octanol–water partition coefficient (Wildman–Crippen LogP) is 3.19. The summed E-state index contributed by atoms with van der Waals surface area (Å²) in [5.74, 6) is 0.684. The van der Waals surface area contributed by atoms with Gasteiger partial charge in [-0.3, -0.25) is 0 Å². The van der Waals surface area contributed by atoms with Crippen LogP contribution in [0.1, 0.15) is 11.7 Å². The van der Waals surface area contributed by atoms with Crippen molar-refractivity contribution >= 4 is 11.6 Å². The van der Waals surface area contributed by atoms with Gasteiger partial charge in [-0.2, -0.15) is 0 Å². The van der Waals surface area contributed by atoms with Crippen molar-refractivity contribution in [3.63, 3.8) is 0 Å². The Morgan fingerprint density at radius 3 is 2.78 bits per heavy atom. The molecule has 2 rings (SSSR count). The Bertz CT molecular complexity index is 515. The Hall–Kier alpha value is -1.52. The quantitative estimate of drug-likeness (QED) is 0.907. The van der Waals surface area contributed by atoms with Crippen molar-refractivity contribution in [2.75, 3.05) is 13.2 Å². The number of furan rings is 1. The van der Waals surface area contributed by atoms with Gasteiger partial charge in [-0.25, -0.2) is 4.39 Å². The molecule has 0 aliphatic carbocycles. The van der Waals surface area contributed by atoms with E-state index in [4.69, 9.17) is 26.5 Å². The largest absolute Gasteiger partial charge is 0.493 e. The van der Waals surface area contributed by atoms with Crippen LogP contribution in [-0.2, 0) is 0 Å². The molecule has 0 saturated carbocycles. The molecule has 2 aromatic rings. The highest BCUT2D eigenvalue weighted by atomic mass is 35.5. The molecular weight excluding hydrogens is 257 g/mol. The lowest BCUT2D eigenvalue weighted by molar-refractivity contribution is 0.272. The molecule has 0 radical (unpaired) electrons. The summed E-state index contributed by atoms with van der Waals surface area (Å²) < 4.78 is 23.7. The lowest BCUT2D eigenvalue weighted by Gasteiger charge is -2.13. The van der Waals surface area contributed by atoms with Gasteiger partial charge in [0, 0.05) is 12.6 Å². The van der Waals surface area contributed by atoms with E-state index >= 15 is 0 Å². The lowest BCUT2D eigenvalue weighted by Crippen LogP contribution is -2.19.